The van der Waals surface area contributed by atoms with Crippen LogP contribution in [-0.2, 0) is 11.3 Å². The van der Waals surface area contributed by atoms with Gasteiger partial charge in [0.25, 0.3) is 0 Å². The van der Waals surface area contributed by atoms with E-state index in [1.807, 2.05) is 0 Å². The number of carbonyl (C=O) groups is 1. The lowest BCUT2D eigenvalue weighted by Gasteiger charge is -2.21. The van der Waals surface area contributed by atoms with Crippen LogP contribution in [0, 0.1) is 0 Å². The average Bonchev–Trinajstić information content (AvgIpc) is 2.35. The summed E-state index contributed by atoms with van der Waals surface area (Å²) >= 11 is 0. The van der Waals surface area contributed by atoms with Crippen LogP contribution in [0.5, 0.6) is 5.75 Å². The molecule has 1 unspecified atom stereocenters. The molecule has 0 radical (unpaired) electrons. The zero-order valence-corrected chi connectivity index (χ0v) is 11.3. The summed E-state index contributed by atoms with van der Waals surface area (Å²) < 4.78 is 39.7. The zero-order chi connectivity index (χ0) is 15.4. The van der Waals surface area contributed by atoms with E-state index in [0.717, 1.165) is 0 Å². The minimum absolute atomic E-state index is 0.192. The largest absolute Gasteiger partial charge is 0.573 e. The Morgan fingerprint density at radius 1 is 1.30 bits per heavy atom. The van der Waals surface area contributed by atoms with Crippen molar-refractivity contribution in [1.82, 2.24) is 5.32 Å². The van der Waals surface area contributed by atoms with E-state index in [4.69, 9.17) is 5.73 Å². The average molecular weight is 290 g/mol. The molecule has 0 aliphatic heterocycles. The fourth-order valence-corrected chi connectivity index (χ4v) is 1.35. The molecule has 0 saturated heterocycles. The van der Waals surface area contributed by atoms with Crippen molar-refractivity contribution in [2.45, 2.75) is 38.7 Å². The van der Waals surface area contributed by atoms with Crippen LogP contribution in [-0.4, -0.2) is 17.8 Å². The molecule has 7 heteroatoms. The molecule has 1 aromatic carbocycles. The Morgan fingerprint density at radius 3 is 2.30 bits per heavy atom. The number of rotatable bonds is 5. The van der Waals surface area contributed by atoms with Crippen LogP contribution in [0.4, 0.5) is 13.2 Å². The molecule has 3 N–H and O–H groups in total. The van der Waals surface area contributed by atoms with Crippen molar-refractivity contribution in [3.63, 3.8) is 0 Å². The van der Waals surface area contributed by atoms with Gasteiger partial charge in [-0.15, -0.1) is 13.2 Å². The van der Waals surface area contributed by atoms with E-state index in [1.165, 1.54) is 24.3 Å². The second kappa shape index (κ2) is 6.13. The minimum Gasteiger partial charge on any atom is -0.406 e. The first-order valence-corrected chi connectivity index (χ1v) is 6.06. The fourth-order valence-electron chi connectivity index (χ4n) is 1.35. The summed E-state index contributed by atoms with van der Waals surface area (Å²) in [6, 6.07) is 5.27. The maximum atomic E-state index is 12.0. The molecule has 4 nitrogen and oxygen atoms in total. The van der Waals surface area contributed by atoms with Gasteiger partial charge in [-0.2, -0.15) is 0 Å². The molecule has 0 fully saturated rings. The second-order valence-electron chi connectivity index (χ2n) is 4.65. The van der Waals surface area contributed by atoms with E-state index in [-0.39, 0.29) is 18.2 Å². The number of ether oxygens (including phenoxy) is 1. The Bertz CT molecular complexity index is 456. The molecule has 0 saturated carbocycles. The highest BCUT2D eigenvalue weighted by atomic mass is 19.4. The van der Waals surface area contributed by atoms with Gasteiger partial charge in [-0.05, 0) is 31.0 Å². The monoisotopic (exact) mass is 290 g/mol. The number of amides is 1. The smallest absolute Gasteiger partial charge is 0.406 e. The number of nitrogens with one attached hydrogen (secondary N) is 1. The van der Waals surface area contributed by atoms with Crippen LogP contribution in [0.1, 0.15) is 25.8 Å². The van der Waals surface area contributed by atoms with E-state index >= 15 is 0 Å². The molecule has 0 bridgehead atoms. The van der Waals surface area contributed by atoms with Crippen molar-refractivity contribution in [2.75, 3.05) is 0 Å². The molecule has 1 atom stereocenters. The quantitative estimate of drug-likeness (QED) is 0.874. The standard InChI is InChI=1S/C13H17F3N2O2/c1-3-12(2,17)11(19)18-8-9-4-6-10(7-5-9)20-13(14,15)16/h4-7H,3,8,17H2,1-2H3,(H,18,19). The molecule has 0 aliphatic rings. The molecule has 1 rings (SSSR count). The van der Waals surface area contributed by atoms with Crippen LogP contribution >= 0.6 is 0 Å². The third-order valence-corrected chi connectivity index (χ3v) is 2.86. The molecule has 1 aromatic rings. The van der Waals surface area contributed by atoms with Gasteiger partial charge in [0.2, 0.25) is 5.91 Å². The van der Waals surface area contributed by atoms with Crippen LogP contribution in [0.3, 0.4) is 0 Å². The van der Waals surface area contributed by atoms with E-state index in [9.17, 15) is 18.0 Å². The molecule has 0 spiro atoms. The SMILES string of the molecule is CCC(C)(N)C(=O)NCc1ccc(OC(F)(F)F)cc1. The van der Waals surface area contributed by atoms with Crippen molar-refractivity contribution in [3.8, 4) is 5.75 Å². The number of alkyl halides is 3. The van der Waals surface area contributed by atoms with Crippen LogP contribution in [0.25, 0.3) is 0 Å². The first kappa shape index (κ1) is 16.3. The number of hydrogen-bond donors (Lipinski definition) is 2. The van der Waals surface area contributed by atoms with Crippen molar-refractivity contribution >= 4 is 5.91 Å². The maximum Gasteiger partial charge on any atom is 0.573 e. The van der Waals surface area contributed by atoms with Gasteiger partial charge in [-0.25, -0.2) is 0 Å². The van der Waals surface area contributed by atoms with Gasteiger partial charge in [-0.3, -0.25) is 4.79 Å². The highest BCUT2D eigenvalue weighted by Gasteiger charge is 2.31. The van der Waals surface area contributed by atoms with E-state index in [2.05, 4.69) is 10.1 Å². The van der Waals surface area contributed by atoms with Crippen LogP contribution < -0.4 is 15.8 Å². The molecular formula is C13H17F3N2O2. The van der Waals surface area contributed by atoms with Gasteiger partial charge in [0.1, 0.15) is 5.75 Å². The van der Waals surface area contributed by atoms with Gasteiger partial charge < -0.3 is 15.8 Å². The van der Waals surface area contributed by atoms with Gasteiger partial charge in [-0.1, -0.05) is 19.1 Å². The molecule has 0 aliphatic carbocycles. The first-order valence-electron chi connectivity index (χ1n) is 6.06. The highest BCUT2D eigenvalue weighted by Crippen LogP contribution is 2.22. The number of nitrogens with two attached hydrogens (primary N) is 1. The summed E-state index contributed by atoms with van der Waals surface area (Å²) in [7, 11) is 0. The Labute approximate surface area is 115 Å². The Kier molecular flexibility index (Phi) is 4.99. The molecule has 0 heterocycles. The van der Waals surface area contributed by atoms with E-state index in [1.54, 1.807) is 13.8 Å². The van der Waals surface area contributed by atoms with Crippen molar-refractivity contribution in [3.05, 3.63) is 29.8 Å². The summed E-state index contributed by atoms with van der Waals surface area (Å²) in [5.41, 5.74) is 5.45. The lowest BCUT2D eigenvalue weighted by atomic mass is 9.99. The van der Waals surface area contributed by atoms with E-state index in [0.29, 0.717) is 12.0 Å². The van der Waals surface area contributed by atoms with Gasteiger partial charge in [0.15, 0.2) is 0 Å². The zero-order valence-electron chi connectivity index (χ0n) is 11.3. The normalized spacial score (nSPS) is 14.5. The Balaban J connectivity index is 2.56. The Hall–Kier alpha value is -1.76. The molecule has 112 valence electrons. The third-order valence-electron chi connectivity index (χ3n) is 2.86. The van der Waals surface area contributed by atoms with Gasteiger partial charge >= 0.3 is 6.36 Å². The predicted molar refractivity (Wildman–Crippen MR) is 67.9 cm³/mol. The number of carbonyl (C=O) groups excluding carboxylic acids is 1. The summed E-state index contributed by atoms with van der Waals surface area (Å²) in [4.78, 5) is 11.7. The van der Waals surface area contributed by atoms with Crippen molar-refractivity contribution in [2.24, 2.45) is 5.73 Å². The summed E-state index contributed by atoms with van der Waals surface area (Å²) in [5.74, 6) is -0.611. The lowest BCUT2D eigenvalue weighted by molar-refractivity contribution is -0.274. The maximum absolute atomic E-state index is 12.0. The Morgan fingerprint density at radius 2 is 1.85 bits per heavy atom. The third kappa shape index (κ3) is 5.08. The topological polar surface area (TPSA) is 64.4 Å². The number of benzene rings is 1. The van der Waals surface area contributed by atoms with Gasteiger partial charge in [0, 0.05) is 6.54 Å². The molecule has 20 heavy (non-hydrogen) atoms. The first-order chi connectivity index (χ1) is 9.14. The minimum atomic E-state index is -4.71. The molecule has 1 amide bonds. The summed E-state index contributed by atoms with van der Waals surface area (Å²) in [6.45, 7) is 3.60. The summed E-state index contributed by atoms with van der Waals surface area (Å²) in [6.07, 6.45) is -4.23. The number of halogens is 3. The van der Waals surface area contributed by atoms with Crippen molar-refractivity contribution in [1.29, 1.82) is 0 Å². The lowest BCUT2D eigenvalue weighted by Crippen LogP contribution is -2.50. The summed E-state index contributed by atoms with van der Waals surface area (Å²) in [5, 5.41) is 2.63. The van der Waals surface area contributed by atoms with E-state index < -0.39 is 11.9 Å². The van der Waals surface area contributed by atoms with Crippen LogP contribution in [0.2, 0.25) is 0 Å². The predicted octanol–water partition coefficient (Wildman–Crippen LogP) is 2.33. The highest BCUT2D eigenvalue weighted by molar-refractivity contribution is 5.85. The second-order valence-corrected chi connectivity index (χ2v) is 4.65. The number of hydrogen-bond acceptors (Lipinski definition) is 3. The van der Waals surface area contributed by atoms with Gasteiger partial charge in [0.05, 0.1) is 5.54 Å². The molecule has 0 aromatic heterocycles. The molecular weight excluding hydrogens is 273 g/mol. The van der Waals surface area contributed by atoms with Crippen LogP contribution in [0.15, 0.2) is 24.3 Å². The fraction of sp³-hybridized carbons (Fsp3) is 0.462. The van der Waals surface area contributed by atoms with Crippen molar-refractivity contribution < 1.29 is 22.7 Å².